The first-order valence-corrected chi connectivity index (χ1v) is 6.49. The van der Waals surface area contributed by atoms with Gasteiger partial charge in [-0.15, -0.1) is 0 Å². The summed E-state index contributed by atoms with van der Waals surface area (Å²) in [6, 6.07) is 2.03. The molecule has 17 heavy (non-hydrogen) atoms. The van der Waals surface area contributed by atoms with Crippen molar-refractivity contribution in [2.75, 3.05) is 13.1 Å². The van der Waals surface area contributed by atoms with E-state index in [9.17, 15) is 4.79 Å². The van der Waals surface area contributed by atoms with E-state index in [-0.39, 0.29) is 5.92 Å². The number of halogens is 1. The molecule has 0 radical (unpaired) electrons. The van der Waals surface area contributed by atoms with Crippen LogP contribution < -0.4 is 0 Å². The van der Waals surface area contributed by atoms with E-state index < -0.39 is 5.97 Å². The van der Waals surface area contributed by atoms with E-state index >= 15 is 0 Å². The standard InChI is InChI=1S/C12H15BrN2O2/c13-11-4-9(5-14-6-11)7-15-3-1-2-10(8-15)12(16)17/h4-6,10H,1-3,7-8H2,(H,16,17). The zero-order valence-electron chi connectivity index (χ0n) is 9.47. The number of piperidine rings is 1. The molecule has 0 saturated carbocycles. The van der Waals surface area contributed by atoms with Crippen LogP contribution in [0.25, 0.3) is 0 Å². The topological polar surface area (TPSA) is 53.4 Å². The number of pyridine rings is 1. The van der Waals surface area contributed by atoms with E-state index in [0.29, 0.717) is 6.54 Å². The van der Waals surface area contributed by atoms with Gasteiger partial charge in [0, 0.05) is 30.0 Å². The van der Waals surface area contributed by atoms with Crippen molar-refractivity contribution in [1.29, 1.82) is 0 Å². The van der Waals surface area contributed by atoms with Gasteiger partial charge in [0.1, 0.15) is 0 Å². The molecule has 5 heteroatoms. The fraction of sp³-hybridized carbons (Fsp3) is 0.500. The minimum absolute atomic E-state index is 0.219. The van der Waals surface area contributed by atoms with Gasteiger partial charge in [-0.05, 0) is 46.9 Å². The van der Waals surface area contributed by atoms with Crippen molar-refractivity contribution in [1.82, 2.24) is 9.88 Å². The molecule has 1 N–H and O–H groups in total. The van der Waals surface area contributed by atoms with Crippen LogP contribution in [0.4, 0.5) is 0 Å². The average molecular weight is 299 g/mol. The van der Waals surface area contributed by atoms with E-state index in [0.717, 1.165) is 36.0 Å². The Bertz CT molecular complexity index is 411. The number of carboxylic acid groups (broad SMARTS) is 1. The Labute approximate surface area is 109 Å². The Morgan fingerprint density at radius 2 is 2.41 bits per heavy atom. The molecule has 1 aliphatic rings. The highest BCUT2D eigenvalue weighted by atomic mass is 79.9. The van der Waals surface area contributed by atoms with Gasteiger partial charge < -0.3 is 5.11 Å². The highest BCUT2D eigenvalue weighted by Crippen LogP contribution is 2.19. The lowest BCUT2D eigenvalue weighted by molar-refractivity contribution is -0.143. The molecule has 1 aromatic rings. The Kier molecular flexibility index (Phi) is 4.12. The van der Waals surface area contributed by atoms with Crippen LogP contribution in [0.3, 0.4) is 0 Å². The maximum Gasteiger partial charge on any atom is 0.307 e. The zero-order valence-corrected chi connectivity index (χ0v) is 11.1. The first-order chi connectivity index (χ1) is 8.15. The summed E-state index contributed by atoms with van der Waals surface area (Å²) in [5.74, 6) is -0.897. The molecule has 0 bridgehead atoms. The minimum Gasteiger partial charge on any atom is -0.481 e. The summed E-state index contributed by atoms with van der Waals surface area (Å²) in [7, 11) is 0. The first-order valence-electron chi connectivity index (χ1n) is 5.70. The molecule has 2 heterocycles. The molecular weight excluding hydrogens is 284 g/mol. The molecule has 2 rings (SSSR count). The molecule has 1 aliphatic heterocycles. The fourth-order valence-corrected chi connectivity index (χ4v) is 2.61. The third-order valence-corrected chi connectivity index (χ3v) is 3.46. The van der Waals surface area contributed by atoms with Crippen LogP contribution in [0.1, 0.15) is 18.4 Å². The van der Waals surface area contributed by atoms with Crippen LogP contribution in [-0.2, 0) is 11.3 Å². The second-order valence-corrected chi connectivity index (χ2v) is 5.34. The second kappa shape index (κ2) is 5.60. The molecule has 1 unspecified atom stereocenters. The number of likely N-dealkylation sites (tertiary alicyclic amines) is 1. The van der Waals surface area contributed by atoms with Crippen LogP contribution >= 0.6 is 15.9 Å². The number of rotatable bonds is 3. The highest BCUT2D eigenvalue weighted by molar-refractivity contribution is 9.10. The van der Waals surface area contributed by atoms with Gasteiger partial charge in [0.15, 0.2) is 0 Å². The number of aromatic nitrogens is 1. The third-order valence-electron chi connectivity index (χ3n) is 3.02. The fourth-order valence-electron chi connectivity index (χ4n) is 2.20. The Morgan fingerprint density at radius 1 is 1.59 bits per heavy atom. The molecule has 1 atom stereocenters. The van der Waals surface area contributed by atoms with Crippen molar-refractivity contribution >= 4 is 21.9 Å². The number of hydrogen-bond donors (Lipinski definition) is 1. The quantitative estimate of drug-likeness (QED) is 0.929. The Morgan fingerprint density at radius 3 is 3.12 bits per heavy atom. The number of carboxylic acids is 1. The normalized spacial score (nSPS) is 21.4. The van der Waals surface area contributed by atoms with Gasteiger partial charge in [0.05, 0.1) is 5.92 Å². The summed E-state index contributed by atoms with van der Waals surface area (Å²) in [5.41, 5.74) is 1.12. The summed E-state index contributed by atoms with van der Waals surface area (Å²) in [6.07, 6.45) is 5.33. The SMILES string of the molecule is O=C(O)C1CCCN(Cc2cncc(Br)c2)C1. The Balaban J connectivity index is 1.97. The van der Waals surface area contributed by atoms with Gasteiger partial charge in [-0.2, -0.15) is 0 Å². The molecular formula is C12H15BrN2O2. The number of aliphatic carboxylic acids is 1. The Hall–Kier alpha value is -0.940. The monoisotopic (exact) mass is 298 g/mol. The number of hydrogen-bond acceptors (Lipinski definition) is 3. The van der Waals surface area contributed by atoms with Crippen molar-refractivity contribution in [2.45, 2.75) is 19.4 Å². The zero-order chi connectivity index (χ0) is 12.3. The maximum absolute atomic E-state index is 11.0. The predicted octanol–water partition coefficient (Wildman–Crippen LogP) is 2.14. The third kappa shape index (κ3) is 3.51. The van der Waals surface area contributed by atoms with Gasteiger partial charge in [0.25, 0.3) is 0 Å². The van der Waals surface area contributed by atoms with E-state index in [4.69, 9.17) is 5.11 Å². The van der Waals surface area contributed by atoms with E-state index in [1.54, 1.807) is 6.20 Å². The summed E-state index contributed by atoms with van der Waals surface area (Å²) in [5, 5.41) is 9.02. The molecule has 1 aromatic heterocycles. The first kappa shape index (κ1) is 12.5. The van der Waals surface area contributed by atoms with Crippen LogP contribution in [0.2, 0.25) is 0 Å². The molecule has 0 amide bonds. The van der Waals surface area contributed by atoms with E-state index in [2.05, 4.69) is 25.8 Å². The maximum atomic E-state index is 11.0. The minimum atomic E-state index is -0.679. The van der Waals surface area contributed by atoms with Gasteiger partial charge in [0.2, 0.25) is 0 Å². The lowest BCUT2D eigenvalue weighted by Gasteiger charge is -2.30. The highest BCUT2D eigenvalue weighted by Gasteiger charge is 2.25. The largest absolute Gasteiger partial charge is 0.481 e. The van der Waals surface area contributed by atoms with Crippen LogP contribution in [0, 0.1) is 5.92 Å². The molecule has 0 spiro atoms. The lowest BCUT2D eigenvalue weighted by atomic mass is 9.98. The number of nitrogens with zero attached hydrogens (tertiary/aromatic N) is 2. The molecule has 4 nitrogen and oxygen atoms in total. The smallest absolute Gasteiger partial charge is 0.307 e. The van der Waals surface area contributed by atoms with Crippen LogP contribution in [0.15, 0.2) is 22.9 Å². The van der Waals surface area contributed by atoms with Crippen molar-refractivity contribution in [3.8, 4) is 0 Å². The predicted molar refractivity (Wildman–Crippen MR) is 67.6 cm³/mol. The van der Waals surface area contributed by atoms with E-state index in [1.807, 2.05) is 12.3 Å². The van der Waals surface area contributed by atoms with Crippen molar-refractivity contribution < 1.29 is 9.90 Å². The lowest BCUT2D eigenvalue weighted by Crippen LogP contribution is -2.38. The molecule has 92 valence electrons. The van der Waals surface area contributed by atoms with Gasteiger partial charge >= 0.3 is 5.97 Å². The molecule has 1 saturated heterocycles. The second-order valence-electron chi connectivity index (χ2n) is 4.42. The van der Waals surface area contributed by atoms with Gasteiger partial charge in [-0.3, -0.25) is 14.7 Å². The average Bonchev–Trinajstić information content (AvgIpc) is 2.29. The van der Waals surface area contributed by atoms with Gasteiger partial charge in [-0.1, -0.05) is 0 Å². The van der Waals surface area contributed by atoms with Crippen molar-refractivity contribution in [3.63, 3.8) is 0 Å². The van der Waals surface area contributed by atoms with Crippen LogP contribution in [0.5, 0.6) is 0 Å². The van der Waals surface area contributed by atoms with Crippen molar-refractivity contribution in [3.05, 3.63) is 28.5 Å². The number of carbonyl (C=O) groups is 1. The summed E-state index contributed by atoms with van der Waals surface area (Å²) < 4.78 is 0.960. The summed E-state index contributed by atoms with van der Waals surface area (Å²) >= 11 is 3.39. The summed E-state index contributed by atoms with van der Waals surface area (Å²) in [4.78, 5) is 17.3. The molecule has 0 aromatic carbocycles. The van der Waals surface area contributed by atoms with Crippen molar-refractivity contribution in [2.24, 2.45) is 5.92 Å². The molecule has 0 aliphatic carbocycles. The summed E-state index contributed by atoms with van der Waals surface area (Å²) in [6.45, 7) is 2.38. The van der Waals surface area contributed by atoms with E-state index in [1.165, 1.54) is 0 Å². The van der Waals surface area contributed by atoms with Gasteiger partial charge in [-0.25, -0.2) is 0 Å². The van der Waals surface area contributed by atoms with Crippen LogP contribution in [-0.4, -0.2) is 34.0 Å². The molecule has 1 fully saturated rings.